The highest BCUT2D eigenvalue weighted by Gasteiger charge is 2.22. The fourth-order valence-electron chi connectivity index (χ4n) is 2.78. The molecule has 1 fully saturated rings. The minimum Gasteiger partial charge on any atom is -0.450 e. The zero-order valence-corrected chi connectivity index (χ0v) is 15.0. The Labute approximate surface area is 156 Å². The molecule has 0 unspecified atom stereocenters. The number of aromatic nitrogens is 1. The minimum atomic E-state index is -0.359. The highest BCUT2D eigenvalue weighted by Crippen LogP contribution is 2.16. The average Bonchev–Trinajstić information content (AvgIpc) is 2.70. The van der Waals surface area contributed by atoms with Crippen molar-refractivity contribution in [2.75, 3.05) is 43.0 Å². The van der Waals surface area contributed by atoms with Gasteiger partial charge in [0.1, 0.15) is 11.6 Å². The van der Waals surface area contributed by atoms with E-state index in [1.54, 1.807) is 24.0 Å². The molecule has 1 aliphatic rings. The zero-order chi connectivity index (χ0) is 19.2. The van der Waals surface area contributed by atoms with Gasteiger partial charge in [-0.15, -0.1) is 0 Å². The summed E-state index contributed by atoms with van der Waals surface area (Å²) in [7, 11) is 0. The first-order valence-corrected chi connectivity index (χ1v) is 8.76. The van der Waals surface area contributed by atoms with Crippen molar-refractivity contribution in [3.63, 3.8) is 0 Å². The van der Waals surface area contributed by atoms with Crippen molar-refractivity contribution in [3.05, 3.63) is 54.0 Å². The Hall–Kier alpha value is -3.16. The predicted octanol–water partition coefficient (Wildman–Crippen LogP) is 2.75. The van der Waals surface area contributed by atoms with Crippen LogP contribution in [0.25, 0.3) is 0 Å². The van der Waals surface area contributed by atoms with E-state index >= 15 is 0 Å². The molecular weight excluding hydrogens is 351 g/mol. The maximum atomic E-state index is 12.9. The van der Waals surface area contributed by atoms with Crippen molar-refractivity contribution >= 4 is 23.5 Å². The SMILES string of the molecule is CCOC(=O)N1CCN(c2ccc(C(=O)Nc3ccc(F)cc3)cn2)CC1. The van der Waals surface area contributed by atoms with Gasteiger partial charge in [-0.2, -0.15) is 0 Å². The molecule has 0 spiro atoms. The van der Waals surface area contributed by atoms with E-state index in [1.807, 2.05) is 0 Å². The molecule has 2 aromatic rings. The average molecular weight is 372 g/mol. The maximum absolute atomic E-state index is 12.9. The molecule has 1 saturated heterocycles. The Balaban J connectivity index is 1.56. The molecule has 1 N–H and O–H groups in total. The first kappa shape index (κ1) is 18.6. The van der Waals surface area contributed by atoms with Crippen LogP contribution in [-0.4, -0.2) is 54.7 Å². The number of hydrogen-bond acceptors (Lipinski definition) is 5. The first-order chi connectivity index (χ1) is 13.1. The van der Waals surface area contributed by atoms with Crippen molar-refractivity contribution in [2.45, 2.75) is 6.92 Å². The third-order valence-electron chi connectivity index (χ3n) is 4.24. The van der Waals surface area contributed by atoms with Crippen LogP contribution in [0, 0.1) is 5.82 Å². The summed E-state index contributed by atoms with van der Waals surface area (Å²) < 4.78 is 17.9. The number of nitrogens with zero attached hydrogens (tertiary/aromatic N) is 3. The van der Waals surface area contributed by atoms with E-state index in [4.69, 9.17) is 4.74 Å². The Kier molecular flexibility index (Phi) is 5.85. The van der Waals surface area contributed by atoms with Gasteiger partial charge in [-0.1, -0.05) is 0 Å². The van der Waals surface area contributed by atoms with E-state index in [1.165, 1.54) is 30.5 Å². The van der Waals surface area contributed by atoms with Gasteiger partial charge in [-0.3, -0.25) is 4.79 Å². The van der Waals surface area contributed by atoms with Crippen LogP contribution in [0.15, 0.2) is 42.6 Å². The van der Waals surface area contributed by atoms with Gasteiger partial charge in [-0.25, -0.2) is 14.2 Å². The van der Waals surface area contributed by atoms with Crippen LogP contribution >= 0.6 is 0 Å². The third-order valence-corrected chi connectivity index (χ3v) is 4.24. The lowest BCUT2D eigenvalue weighted by atomic mass is 10.2. The van der Waals surface area contributed by atoms with Crippen LogP contribution in [0.1, 0.15) is 17.3 Å². The number of nitrogens with one attached hydrogen (secondary N) is 1. The number of carbonyl (C=O) groups excluding carboxylic acids is 2. The van der Waals surface area contributed by atoms with E-state index in [2.05, 4.69) is 15.2 Å². The molecule has 3 rings (SSSR count). The molecule has 8 heteroatoms. The molecule has 1 aliphatic heterocycles. The van der Waals surface area contributed by atoms with Crippen LogP contribution in [0.3, 0.4) is 0 Å². The molecule has 0 aliphatic carbocycles. The normalized spacial score (nSPS) is 14.0. The van der Waals surface area contributed by atoms with E-state index in [0.29, 0.717) is 44.0 Å². The number of carbonyl (C=O) groups is 2. The summed E-state index contributed by atoms with van der Waals surface area (Å²) in [5, 5.41) is 2.70. The minimum absolute atomic E-state index is 0.294. The molecule has 0 saturated carbocycles. The number of piperazine rings is 1. The van der Waals surface area contributed by atoms with Crippen molar-refractivity contribution in [2.24, 2.45) is 0 Å². The van der Waals surface area contributed by atoms with Crippen LogP contribution in [-0.2, 0) is 4.74 Å². The van der Waals surface area contributed by atoms with Crippen LogP contribution in [0.4, 0.5) is 20.7 Å². The summed E-state index contributed by atoms with van der Waals surface area (Å²) in [6.45, 7) is 4.56. The Morgan fingerprint density at radius 3 is 2.41 bits per heavy atom. The molecule has 27 heavy (non-hydrogen) atoms. The monoisotopic (exact) mass is 372 g/mol. The molecule has 1 aromatic heterocycles. The fourth-order valence-corrected chi connectivity index (χ4v) is 2.78. The van der Waals surface area contributed by atoms with Gasteiger partial charge >= 0.3 is 6.09 Å². The van der Waals surface area contributed by atoms with Crippen LogP contribution in [0.2, 0.25) is 0 Å². The number of benzene rings is 1. The highest BCUT2D eigenvalue weighted by molar-refractivity contribution is 6.04. The third kappa shape index (κ3) is 4.72. The number of ether oxygens (including phenoxy) is 1. The smallest absolute Gasteiger partial charge is 0.409 e. The van der Waals surface area contributed by atoms with Crippen molar-refractivity contribution in [1.82, 2.24) is 9.88 Å². The van der Waals surface area contributed by atoms with Gasteiger partial charge < -0.3 is 19.9 Å². The second-order valence-corrected chi connectivity index (χ2v) is 6.04. The summed E-state index contributed by atoms with van der Waals surface area (Å²) in [5.74, 6) is 0.0756. The highest BCUT2D eigenvalue weighted by atomic mass is 19.1. The van der Waals surface area contributed by atoms with E-state index in [9.17, 15) is 14.0 Å². The van der Waals surface area contributed by atoms with Gasteiger partial charge in [0.2, 0.25) is 0 Å². The van der Waals surface area contributed by atoms with E-state index in [0.717, 1.165) is 5.82 Å². The Bertz CT molecular complexity index is 788. The number of hydrogen-bond donors (Lipinski definition) is 1. The summed E-state index contributed by atoms with van der Waals surface area (Å²) in [6, 6.07) is 9.04. The summed E-state index contributed by atoms with van der Waals surface area (Å²) in [4.78, 5) is 32.1. The number of pyridine rings is 1. The van der Waals surface area contributed by atoms with Crippen molar-refractivity contribution in [1.29, 1.82) is 0 Å². The number of amides is 2. The molecule has 2 amide bonds. The standard InChI is InChI=1S/C19H21FN4O3/c1-2-27-19(26)24-11-9-23(10-12-24)17-8-3-14(13-21-17)18(25)22-16-6-4-15(20)5-7-16/h3-8,13H,2,9-12H2,1H3,(H,22,25). The summed E-state index contributed by atoms with van der Waals surface area (Å²) in [6.07, 6.45) is 1.21. The molecule has 0 atom stereocenters. The molecule has 142 valence electrons. The topological polar surface area (TPSA) is 74.8 Å². The Morgan fingerprint density at radius 1 is 1.11 bits per heavy atom. The predicted molar refractivity (Wildman–Crippen MR) is 99.4 cm³/mol. The quantitative estimate of drug-likeness (QED) is 0.893. The lowest BCUT2D eigenvalue weighted by Crippen LogP contribution is -2.49. The van der Waals surface area contributed by atoms with Crippen molar-refractivity contribution in [3.8, 4) is 0 Å². The Morgan fingerprint density at radius 2 is 1.81 bits per heavy atom. The number of anilines is 2. The summed E-state index contributed by atoms with van der Waals surface area (Å²) >= 11 is 0. The zero-order valence-electron chi connectivity index (χ0n) is 15.0. The van der Waals surface area contributed by atoms with Gasteiger partial charge in [0, 0.05) is 38.1 Å². The van der Waals surface area contributed by atoms with Gasteiger partial charge in [-0.05, 0) is 43.3 Å². The largest absolute Gasteiger partial charge is 0.450 e. The van der Waals surface area contributed by atoms with Gasteiger partial charge in [0.25, 0.3) is 5.91 Å². The fraction of sp³-hybridized carbons (Fsp3) is 0.316. The summed E-state index contributed by atoms with van der Waals surface area (Å²) in [5.41, 5.74) is 0.925. The van der Waals surface area contributed by atoms with Crippen LogP contribution < -0.4 is 10.2 Å². The van der Waals surface area contributed by atoms with Crippen molar-refractivity contribution < 1.29 is 18.7 Å². The van der Waals surface area contributed by atoms with Crippen LogP contribution in [0.5, 0.6) is 0 Å². The second kappa shape index (κ2) is 8.48. The maximum Gasteiger partial charge on any atom is 0.409 e. The van der Waals surface area contributed by atoms with Gasteiger partial charge in [0.05, 0.1) is 12.2 Å². The van der Waals surface area contributed by atoms with Gasteiger partial charge in [0.15, 0.2) is 0 Å². The molecule has 1 aromatic carbocycles. The van der Waals surface area contributed by atoms with E-state index < -0.39 is 0 Å². The lowest BCUT2D eigenvalue weighted by Gasteiger charge is -2.34. The number of rotatable bonds is 4. The lowest BCUT2D eigenvalue weighted by molar-refractivity contribution is 0.102. The molecule has 0 bridgehead atoms. The number of halogens is 1. The second-order valence-electron chi connectivity index (χ2n) is 6.04. The first-order valence-electron chi connectivity index (χ1n) is 8.76. The molecule has 2 heterocycles. The molecule has 0 radical (unpaired) electrons. The molecular formula is C19H21FN4O3. The molecule has 7 nitrogen and oxygen atoms in total. The van der Waals surface area contributed by atoms with E-state index in [-0.39, 0.29) is 17.8 Å².